The molecule has 2 nitrogen and oxygen atoms in total. The second-order valence-corrected chi connectivity index (χ2v) is 5.59. The van der Waals surface area contributed by atoms with E-state index in [2.05, 4.69) is 21.2 Å². The van der Waals surface area contributed by atoms with Crippen molar-refractivity contribution in [2.75, 3.05) is 26.2 Å². The first-order valence-electron chi connectivity index (χ1n) is 6.23. The lowest BCUT2D eigenvalue weighted by molar-refractivity contribution is -0.148. The standard InChI is InChI=1S/C13H16BrF3N2.2ClH/c14-11-3-1-2-10(8-11)12(9-13(15,16)17)19-6-4-18-5-7-19;;/h1-3,8,12,18H,4-7,9H2;2*1H/t12-;;/m0../s1. The third-order valence-corrected chi connectivity index (χ3v) is 3.74. The maximum Gasteiger partial charge on any atom is 0.390 e. The Labute approximate surface area is 143 Å². The average Bonchev–Trinajstić information content (AvgIpc) is 2.36. The number of hydrogen-bond acceptors (Lipinski definition) is 2. The van der Waals surface area contributed by atoms with Crippen molar-refractivity contribution in [2.45, 2.75) is 18.6 Å². The summed E-state index contributed by atoms with van der Waals surface area (Å²) in [6.45, 7) is 2.77. The Morgan fingerprint density at radius 3 is 2.33 bits per heavy atom. The summed E-state index contributed by atoms with van der Waals surface area (Å²) >= 11 is 3.32. The molecule has 1 aliphatic heterocycles. The molecular weight excluding hydrogens is 392 g/mol. The molecule has 21 heavy (non-hydrogen) atoms. The molecule has 0 spiro atoms. The highest BCUT2D eigenvalue weighted by molar-refractivity contribution is 9.10. The van der Waals surface area contributed by atoms with Gasteiger partial charge in [-0.1, -0.05) is 28.1 Å². The minimum Gasteiger partial charge on any atom is -0.314 e. The van der Waals surface area contributed by atoms with Gasteiger partial charge in [0.15, 0.2) is 0 Å². The topological polar surface area (TPSA) is 15.3 Å². The van der Waals surface area contributed by atoms with Crippen molar-refractivity contribution in [1.82, 2.24) is 10.2 Å². The molecular formula is C13H18BrCl2F3N2. The van der Waals surface area contributed by atoms with E-state index in [9.17, 15) is 13.2 Å². The predicted molar refractivity (Wildman–Crippen MR) is 86.5 cm³/mol. The summed E-state index contributed by atoms with van der Waals surface area (Å²) in [5.41, 5.74) is 0.716. The SMILES string of the molecule is Cl.Cl.FC(F)(F)C[C@@H](c1cccc(Br)c1)N1CCNCC1. The number of benzene rings is 1. The predicted octanol–water partition coefficient (Wildman–Crippen LogP) is 4.19. The summed E-state index contributed by atoms with van der Waals surface area (Å²) in [6, 6.07) is 6.55. The molecule has 0 unspecified atom stereocenters. The Kier molecular flexibility index (Phi) is 9.20. The molecule has 122 valence electrons. The largest absolute Gasteiger partial charge is 0.390 e. The van der Waals surface area contributed by atoms with Gasteiger partial charge in [-0.3, -0.25) is 4.90 Å². The normalized spacial score (nSPS) is 17.5. The van der Waals surface area contributed by atoms with E-state index in [4.69, 9.17) is 0 Å². The average molecular weight is 410 g/mol. The molecule has 1 heterocycles. The van der Waals surface area contributed by atoms with E-state index in [1.165, 1.54) is 0 Å². The van der Waals surface area contributed by atoms with Crippen molar-refractivity contribution in [3.63, 3.8) is 0 Å². The number of piperazine rings is 1. The third-order valence-electron chi connectivity index (χ3n) is 3.25. The fraction of sp³-hybridized carbons (Fsp3) is 0.538. The Bertz CT molecular complexity index is 426. The number of rotatable bonds is 3. The number of nitrogens with one attached hydrogen (secondary N) is 1. The fourth-order valence-electron chi connectivity index (χ4n) is 2.38. The van der Waals surface area contributed by atoms with Crippen molar-refractivity contribution in [3.8, 4) is 0 Å². The van der Waals surface area contributed by atoms with Crippen LogP contribution in [0.4, 0.5) is 13.2 Å². The minimum atomic E-state index is -4.15. The zero-order valence-corrected chi connectivity index (χ0v) is 14.4. The number of hydrogen-bond donors (Lipinski definition) is 1. The fourth-order valence-corrected chi connectivity index (χ4v) is 2.80. The van der Waals surface area contributed by atoms with Gasteiger partial charge in [0, 0.05) is 36.7 Å². The van der Waals surface area contributed by atoms with Gasteiger partial charge in [-0.25, -0.2) is 0 Å². The van der Waals surface area contributed by atoms with Crippen molar-refractivity contribution >= 4 is 40.7 Å². The Morgan fingerprint density at radius 1 is 1.19 bits per heavy atom. The van der Waals surface area contributed by atoms with Gasteiger partial charge in [0.1, 0.15) is 0 Å². The molecule has 0 radical (unpaired) electrons. The van der Waals surface area contributed by atoms with Gasteiger partial charge in [-0.2, -0.15) is 13.2 Å². The first-order valence-corrected chi connectivity index (χ1v) is 7.02. The number of nitrogens with zero attached hydrogens (tertiary/aromatic N) is 1. The van der Waals surface area contributed by atoms with Crippen molar-refractivity contribution < 1.29 is 13.2 Å². The van der Waals surface area contributed by atoms with Crippen LogP contribution < -0.4 is 5.32 Å². The van der Waals surface area contributed by atoms with Crippen LogP contribution in [0.5, 0.6) is 0 Å². The second-order valence-electron chi connectivity index (χ2n) is 4.68. The van der Waals surface area contributed by atoms with E-state index in [-0.39, 0.29) is 24.8 Å². The molecule has 0 bridgehead atoms. The highest BCUT2D eigenvalue weighted by atomic mass is 79.9. The number of alkyl halides is 3. The monoisotopic (exact) mass is 408 g/mol. The number of halogens is 6. The first kappa shape index (κ1) is 21.0. The lowest BCUT2D eigenvalue weighted by Gasteiger charge is -2.35. The summed E-state index contributed by atoms with van der Waals surface area (Å²) in [4.78, 5) is 1.91. The molecule has 0 amide bonds. The Balaban J connectivity index is 0.00000200. The van der Waals surface area contributed by atoms with E-state index in [0.29, 0.717) is 18.7 Å². The molecule has 1 aliphatic rings. The van der Waals surface area contributed by atoms with E-state index in [1.54, 1.807) is 18.2 Å². The summed E-state index contributed by atoms with van der Waals surface area (Å²) < 4.78 is 39.2. The minimum absolute atomic E-state index is 0. The highest BCUT2D eigenvalue weighted by Crippen LogP contribution is 2.34. The van der Waals surface area contributed by atoms with Gasteiger partial charge in [0.2, 0.25) is 0 Å². The van der Waals surface area contributed by atoms with Crippen LogP contribution in [0.15, 0.2) is 28.7 Å². The van der Waals surface area contributed by atoms with Crippen molar-refractivity contribution in [3.05, 3.63) is 34.3 Å². The van der Waals surface area contributed by atoms with Gasteiger partial charge in [-0.05, 0) is 17.7 Å². The van der Waals surface area contributed by atoms with Gasteiger partial charge in [0.25, 0.3) is 0 Å². The quantitative estimate of drug-likeness (QED) is 0.805. The second kappa shape index (κ2) is 9.20. The molecule has 0 aromatic heterocycles. The van der Waals surface area contributed by atoms with Crippen molar-refractivity contribution in [2.24, 2.45) is 0 Å². The summed E-state index contributed by atoms with van der Waals surface area (Å²) in [5, 5.41) is 3.16. The zero-order chi connectivity index (χ0) is 13.9. The third kappa shape index (κ3) is 6.74. The first-order chi connectivity index (χ1) is 8.96. The molecule has 1 N–H and O–H groups in total. The van der Waals surface area contributed by atoms with Gasteiger partial charge >= 0.3 is 6.18 Å². The van der Waals surface area contributed by atoms with Crippen LogP contribution in [-0.4, -0.2) is 37.3 Å². The molecule has 1 aromatic carbocycles. The van der Waals surface area contributed by atoms with Crippen LogP contribution in [0.2, 0.25) is 0 Å². The van der Waals surface area contributed by atoms with Gasteiger partial charge in [0.05, 0.1) is 6.42 Å². The molecule has 2 rings (SSSR count). The molecule has 1 fully saturated rings. The summed E-state index contributed by atoms with van der Waals surface area (Å²) in [7, 11) is 0. The van der Waals surface area contributed by atoms with Crippen LogP contribution in [0, 0.1) is 0 Å². The molecule has 1 atom stereocenters. The highest BCUT2D eigenvalue weighted by Gasteiger charge is 2.35. The van der Waals surface area contributed by atoms with E-state index >= 15 is 0 Å². The van der Waals surface area contributed by atoms with E-state index in [0.717, 1.165) is 17.6 Å². The molecule has 1 saturated heterocycles. The summed E-state index contributed by atoms with van der Waals surface area (Å²) in [6.07, 6.45) is -4.96. The van der Waals surface area contributed by atoms with Crippen LogP contribution in [0.1, 0.15) is 18.0 Å². The van der Waals surface area contributed by atoms with E-state index in [1.807, 2.05) is 11.0 Å². The smallest absolute Gasteiger partial charge is 0.314 e. The van der Waals surface area contributed by atoms with E-state index < -0.39 is 18.6 Å². The lowest BCUT2D eigenvalue weighted by atomic mass is 10.0. The Morgan fingerprint density at radius 2 is 1.81 bits per heavy atom. The maximum atomic E-state index is 12.8. The van der Waals surface area contributed by atoms with Gasteiger partial charge in [-0.15, -0.1) is 24.8 Å². The molecule has 0 saturated carbocycles. The summed E-state index contributed by atoms with van der Waals surface area (Å²) in [5.74, 6) is 0. The van der Waals surface area contributed by atoms with Crippen molar-refractivity contribution in [1.29, 1.82) is 0 Å². The zero-order valence-electron chi connectivity index (χ0n) is 11.2. The maximum absolute atomic E-state index is 12.8. The lowest BCUT2D eigenvalue weighted by Crippen LogP contribution is -2.46. The van der Waals surface area contributed by atoms with Crippen LogP contribution in [-0.2, 0) is 0 Å². The van der Waals surface area contributed by atoms with Gasteiger partial charge < -0.3 is 5.32 Å². The van der Waals surface area contributed by atoms with Crippen LogP contribution in [0.3, 0.4) is 0 Å². The molecule has 8 heteroatoms. The molecule has 1 aromatic rings. The molecule has 0 aliphatic carbocycles. The Hall–Kier alpha value is -0.0100. The van der Waals surface area contributed by atoms with Crippen LogP contribution >= 0.6 is 40.7 Å². The van der Waals surface area contributed by atoms with Crippen LogP contribution in [0.25, 0.3) is 0 Å².